The predicted molar refractivity (Wildman–Crippen MR) is 98.8 cm³/mol. The summed E-state index contributed by atoms with van der Waals surface area (Å²) in [6, 6.07) is 0. The van der Waals surface area contributed by atoms with Crippen LogP contribution >= 0.6 is 0 Å². The fourth-order valence-electron chi connectivity index (χ4n) is 1.78. The summed E-state index contributed by atoms with van der Waals surface area (Å²) < 4.78 is 0. The van der Waals surface area contributed by atoms with Crippen LogP contribution in [-0.4, -0.2) is 12.2 Å². The first-order chi connectivity index (χ1) is 10.2. The monoisotopic (exact) mass is 301 g/mol. The number of hydrazine groups is 2. The second kappa shape index (κ2) is 21.6. The lowest BCUT2D eigenvalue weighted by molar-refractivity contribution is 0.231. The van der Waals surface area contributed by atoms with Gasteiger partial charge in [0.1, 0.15) is 0 Å². The molecule has 130 valence electrons. The van der Waals surface area contributed by atoms with Gasteiger partial charge in [0.2, 0.25) is 0 Å². The summed E-state index contributed by atoms with van der Waals surface area (Å²) in [5.41, 5.74) is 9.46. The van der Waals surface area contributed by atoms with E-state index in [0.717, 1.165) is 6.42 Å². The van der Waals surface area contributed by atoms with Crippen LogP contribution in [0.15, 0.2) is 11.4 Å². The van der Waals surface area contributed by atoms with Crippen molar-refractivity contribution in [2.45, 2.75) is 100 Å². The summed E-state index contributed by atoms with van der Waals surface area (Å²) in [5, 5.41) is 1.95. The maximum atomic E-state index is 3.35. The topological polar surface area (TPSA) is 27.3 Å². The van der Waals surface area contributed by atoms with Gasteiger partial charge in [-0.15, -0.1) is 5.12 Å². The Morgan fingerprint density at radius 2 is 1.14 bits per heavy atom. The van der Waals surface area contributed by atoms with Crippen LogP contribution < -0.4 is 10.9 Å². The van der Waals surface area contributed by atoms with Crippen molar-refractivity contribution in [3.63, 3.8) is 0 Å². The summed E-state index contributed by atoms with van der Waals surface area (Å²) in [7, 11) is 2.02. The Labute approximate surface area is 135 Å². The first-order valence-corrected chi connectivity index (χ1v) is 9.18. The molecule has 0 bridgehead atoms. The second-order valence-corrected chi connectivity index (χ2v) is 4.65. The molecule has 21 heavy (non-hydrogen) atoms. The Hall–Kier alpha value is -0.700. The zero-order valence-corrected chi connectivity index (χ0v) is 16.4. The van der Waals surface area contributed by atoms with Crippen LogP contribution in [0, 0.1) is 0 Å². The first-order valence-electron chi connectivity index (χ1n) is 9.18. The third kappa shape index (κ3) is 15.5. The Morgan fingerprint density at radius 3 is 1.52 bits per heavy atom. The van der Waals surface area contributed by atoms with E-state index in [4.69, 9.17) is 0 Å². The van der Waals surface area contributed by atoms with E-state index in [0.29, 0.717) is 0 Å². The Bertz CT molecular complexity index is 213. The van der Waals surface area contributed by atoms with Gasteiger partial charge in [-0.25, -0.2) is 0 Å². The molecule has 0 radical (unpaired) electrons. The number of nitrogens with one attached hydrogen (secondary N) is 2. The largest absolute Gasteiger partial charge is 0.304 e. The number of hydrogen-bond acceptors (Lipinski definition) is 3. The van der Waals surface area contributed by atoms with Gasteiger partial charge in [0.15, 0.2) is 0 Å². The predicted octanol–water partition coefficient (Wildman–Crippen LogP) is 6.00. The molecular formula is C18H43N3. The molecule has 1 rings (SSSR count). The highest BCUT2D eigenvalue weighted by atomic mass is 15.7. The van der Waals surface area contributed by atoms with Gasteiger partial charge in [-0.2, -0.15) is 0 Å². The molecule has 1 aliphatic heterocycles. The third-order valence-electron chi connectivity index (χ3n) is 2.50. The smallest absolute Gasteiger partial charge is 0.0485 e. The standard InChI is InChI=1S/C11H23N3.C3H8.2C2H6/c1-4-6-7-9-11-10(8-5-2)12-14(3)13-11;1-3-2;2*1-2/h12-13H,4-9H2,1-3H3;3H2,1-2H3;2*1-2H3. The molecule has 1 heterocycles. The lowest BCUT2D eigenvalue weighted by Crippen LogP contribution is -2.35. The molecule has 0 aromatic rings. The van der Waals surface area contributed by atoms with Crippen molar-refractivity contribution in [1.29, 1.82) is 0 Å². The van der Waals surface area contributed by atoms with E-state index < -0.39 is 0 Å². The highest BCUT2D eigenvalue weighted by Crippen LogP contribution is 2.17. The summed E-state index contributed by atoms with van der Waals surface area (Å²) in [5.74, 6) is 0. The maximum absolute atomic E-state index is 3.35. The van der Waals surface area contributed by atoms with Crippen molar-refractivity contribution >= 4 is 0 Å². The third-order valence-corrected chi connectivity index (χ3v) is 2.50. The van der Waals surface area contributed by atoms with E-state index in [2.05, 4.69) is 38.5 Å². The maximum Gasteiger partial charge on any atom is 0.0485 e. The van der Waals surface area contributed by atoms with Gasteiger partial charge in [-0.1, -0.05) is 81.1 Å². The number of unbranched alkanes of at least 4 members (excludes halogenated alkanes) is 2. The summed E-state index contributed by atoms with van der Waals surface area (Å²) in [4.78, 5) is 0. The molecule has 0 aliphatic carbocycles. The number of rotatable bonds is 6. The number of allylic oxidation sites excluding steroid dienone is 2. The lowest BCUT2D eigenvalue weighted by Gasteiger charge is -2.10. The van der Waals surface area contributed by atoms with Crippen LogP contribution in [0.5, 0.6) is 0 Å². The molecule has 0 spiro atoms. The first kappa shape index (κ1) is 25.3. The van der Waals surface area contributed by atoms with E-state index in [9.17, 15) is 0 Å². The fraction of sp³-hybridized carbons (Fsp3) is 0.889. The van der Waals surface area contributed by atoms with Crippen LogP contribution in [0.1, 0.15) is 100 Å². The van der Waals surface area contributed by atoms with Gasteiger partial charge < -0.3 is 10.9 Å². The average Bonchev–Trinajstić information content (AvgIpc) is 2.85. The van der Waals surface area contributed by atoms with E-state index in [-0.39, 0.29) is 0 Å². The quantitative estimate of drug-likeness (QED) is 0.589. The van der Waals surface area contributed by atoms with Crippen LogP contribution in [0.4, 0.5) is 0 Å². The van der Waals surface area contributed by atoms with Crippen molar-refractivity contribution in [3.8, 4) is 0 Å². The molecule has 0 aromatic carbocycles. The Kier molecular flexibility index (Phi) is 26.0. The molecule has 2 N–H and O–H groups in total. The lowest BCUT2D eigenvalue weighted by atomic mass is 10.1. The van der Waals surface area contributed by atoms with Crippen molar-refractivity contribution in [2.24, 2.45) is 0 Å². The molecule has 0 aromatic heterocycles. The summed E-state index contributed by atoms with van der Waals surface area (Å²) in [6.45, 7) is 16.7. The van der Waals surface area contributed by atoms with E-state index in [1.54, 1.807) is 0 Å². The van der Waals surface area contributed by atoms with Crippen LogP contribution in [0.25, 0.3) is 0 Å². The van der Waals surface area contributed by atoms with E-state index in [1.165, 1.54) is 49.9 Å². The van der Waals surface area contributed by atoms with Crippen molar-refractivity contribution in [2.75, 3.05) is 7.05 Å². The highest BCUT2D eigenvalue weighted by Gasteiger charge is 2.15. The van der Waals surface area contributed by atoms with Gasteiger partial charge in [0, 0.05) is 18.4 Å². The van der Waals surface area contributed by atoms with Gasteiger partial charge in [-0.3, -0.25) is 0 Å². The normalized spacial score (nSPS) is 12.8. The fourth-order valence-corrected chi connectivity index (χ4v) is 1.78. The molecule has 0 fully saturated rings. The van der Waals surface area contributed by atoms with Crippen LogP contribution in [0.2, 0.25) is 0 Å². The van der Waals surface area contributed by atoms with Gasteiger partial charge in [-0.05, 0) is 19.3 Å². The molecule has 3 nitrogen and oxygen atoms in total. The molecule has 0 amide bonds. The second-order valence-electron chi connectivity index (χ2n) is 4.65. The average molecular weight is 302 g/mol. The van der Waals surface area contributed by atoms with Crippen molar-refractivity contribution in [3.05, 3.63) is 11.4 Å². The Balaban J connectivity index is -0.000000399. The number of nitrogens with zero attached hydrogens (tertiary/aromatic N) is 1. The molecule has 0 atom stereocenters. The number of hydrogen-bond donors (Lipinski definition) is 2. The summed E-state index contributed by atoms with van der Waals surface area (Å²) in [6.07, 6.45) is 8.70. The minimum absolute atomic E-state index is 1.15. The van der Waals surface area contributed by atoms with Gasteiger partial charge in [0.25, 0.3) is 0 Å². The zero-order valence-electron chi connectivity index (χ0n) is 16.4. The van der Waals surface area contributed by atoms with Gasteiger partial charge in [0.05, 0.1) is 0 Å². The molecule has 1 aliphatic rings. The SMILES string of the molecule is CC.CC.CCC.CCCCCC1=C(CCC)NN(C)N1. The van der Waals surface area contributed by atoms with Crippen molar-refractivity contribution in [1.82, 2.24) is 16.0 Å². The van der Waals surface area contributed by atoms with Crippen LogP contribution in [-0.2, 0) is 0 Å². The zero-order chi connectivity index (χ0) is 17.1. The Morgan fingerprint density at radius 1 is 0.714 bits per heavy atom. The van der Waals surface area contributed by atoms with Crippen LogP contribution in [0.3, 0.4) is 0 Å². The molecular weight excluding hydrogens is 258 g/mol. The van der Waals surface area contributed by atoms with E-state index in [1.807, 2.05) is 39.9 Å². The minimum atomic E-state index is 1.15. The molecule has 0 saturated carbocycles. The molecule has 3 heteroatoms. The highest BCUT2D eigenvalue weighted by molar-refractivity contribution is 5.13. The molecule has 0 saturated heterocycles. The van der Waals surface area contributed by atoms with E-state index >= 15 is 0 Å². The molecule has 0 unspecified atom stereocenters. The van der Waals surface area contributed by atoms with Gasteiger partial charge >= 0.3 is 0 Å². The summed E-state index contributed by atoms with van der Waals surface area (Å²) >= 11 is 0. The van der Waals surface area contributed by atoms with Crippen molar-refractivity contribution < 1.29 is 0 Å². The minimum Gasteiger partial charge on any atom is -0.304 e.